The Morgan fingerprint density at radius 2 is 1.65 bits per heavy atom. The maximum atomic E-state index is 16.3. The molecule has 3 aromatic carbocycles. The summed E-state index contributed by atoms with van der Waals surface area (Å²) in [6.07, 6.45) is 8.10. The Morgan fingerprint density at radius 1 is 0.897 bits per heavy atom. The van der Waals surface area contributed by atoms with Gasteiger partial charge in [0.2, 0.25) is 23.6 Å². The molecule has 360 valence electrons. The summed E-state index contributed by atoms with van der Waals surface area (Å²) in [5.74, 6) is -3.21. The van der Waals surface area contributed by atoms with Crippen molar-refractivity contribution in [3.8, 4) is 0 Å². The molecule has 1 unspecified atom stereocenters. The third kappa shape index (κ3) is 7.94. The number of aryl methyl sites for hydroxylation is 1. The maximum absolute atomic E-state index is 16.3. The van der Waals surface area contributed by atoms with E-state index in [1.807, 2.05) is 31.2 Å². The molecule has 4 N–H and O–H groups in total. The molecule has 4 aromatic rings. The number of nitrogens with one attached hydrogen (secondary N) is 4. The van der Waals surface area contributed by atoms with E-state index in [1.165, 1.54) is 10.6 Å². The molecule has 2 spiro atoms. The van der Waals surface area contributed by atoms with Crippen LogP contribution in [0.4, 0.5) is 10.1 Å². The normalized spacial score (nSPS) is 27.8. The van der Waals surface area contributed by atoms with Crippen molar-refractivity contribution >= 4 is 69.5 Å². The van der Waals surface area contributed by atoms with Crippen LogP contribution >= 0.6 is 23.2 Å². The number of aromatic nitrogens is 2. The minimum absolute atomic E-state index is 0.0799. The average Bonchev–Trinajstić information content (AvgIpc) is 3.87. The molecular formula is C51H58Cl2FN7O7. The molecule has 2 aliphatic carbocycles. The Hall–Kier alpha value is -5.09. The number of fused-ring (bicyclic) bond motifs is 4. The summed E-state index contributed by atoms with van der Waals surface area (Å²) in [4.78, 5) is 83.0. The highest BCUT2D eigenvalue weighted by atomic mass is 35.5. The Labute approximate surface area is 404 Å². The molecule has 5 fully saturated rings. The summed E-state index contributed by atoms with van der Waals surface area (Å²) in [6.45, 7) is 4.17. The molecule has 5 heterocycles. The van der Waals surface area contributed by atoms with Crippen LogP contribution in [-0.4, -0.2) is 87.0 Å². The predicted octanol–water partition coefficient (Wildman–Crippen LogP) is 6.90. The molecule has 0 radical (unpaired) electrons. The van der Waals surface area contributed by atoms with E-state index in [4.69, 9.17) is 27.9 Å². The average molecular weight is 971 g/mol. The van der Waals surface area contributed by atoms with Gasteiger partial charge in [0, 0.05) is 48.2 Å². The van der Waals surface area contributed by atoms with Crippen LogP contribution in [0, 0.1) is 11.7 Å². The number of esters is 1. The van der Waals surface area contributed by atoms with Gasteiger partial charge in [-0.1, -0.05) is 66.7 Å². The van der Waals surface area contributed by atoms with Crippen LogP contribution < -0.4 is 27.0 Å². The monoisotopic (exact) mass is 969 g/mol. The Bertz CT molecular complexity index is 2760. The lowest BCUT2D eigenvalue weighted by Gasteiger charge is -2.47. The zero-order valence-corrected chi connectivity index (χ0v) is 39.9. The highest BCUT2D eigenvalue weighted by Crippen LogP contribution is 2.63. The maximum Gasteiger partial charge on any atom is 0.329 e. The predicted molar refractivity (Wildman–Crippen MR) is 255 cm³/mol. The topological polar surface area (TPSA) is 173 Å². The molecule has 17 heteroatoms. The molecule has 4 aliphatic heterocycles. The number of nitrogens with zero attached hydrogens (tertiary/aromatic N) is 3. The van der Waals surface area contributed by atoms with E-state index in [0.717, 1.165) is 56.3 Å². The third-order valence-electron chi connectivity index (χ3n) is 16.2. The number of carbonyl (C=O) groups excluding carboxylic acids is 5. The molecule has 10 rings (SSSR count). The van der Waals surface area contributed by atoms with Gasteiger partial charge in [-0.15, -0.1) is 0 Å². The van der Waals surface area contributed by atoms with Crippen LogP contribution in [0.3, 0.4) is 0 Å². The van der Waals surface area contributed by atoms with Gasteiger partial charge in [-0.25, -0.2) is 9.18 Å². The van der Waals surface area contributed by atoms with E-state index in [1.54, 1.807) is 35.9 Å². The fourth-order valence-electron chi connectivity index (χ4n) is 13.0. The smallest absolute Gasteiger partial charge is 0.329 e. The van der Waals surface area contributed by atoms with Gasteiger partial charge in [0.25, 0.3) is 0 Å². The minimum Gasteiger partial charge on any atom is -0.461 e. The van der Waals surface area contributed by atoms with Crippen molar-refractivity contribution in [2.45, 2.75) is 137 Å². The first kappa shape index (κ1) is 46.6. The molecule has 14 nitrogen and oxygen atoms in total. The van der Waals surface area contributed by atoms with Crippen molar-refractivity contribution in [1.82, 2.24) is 30.0 Å². The molecule has 0 bridgehead atoms. The number of ether oxygens (including phenoxy) is 1. The largest absolute Gasteiger partial charge is 0.461 e. The first-order valence-electron chi connectivity index (χ1n) is 24.3. The number of halogens is 3. The zero-order valence-electron chi connectivity index (χ0n) is 38.4. The summed E-state index contributed by atoms with van der Waals surface area (Å²) in [5, 5.41) is 12.8. The number of hydrogen-bond acceptors (Lipinski definition) is 9. The van der Waals surface area contributed by atoms with Gasteiger partial charge in [0.1, 0.15) is 23.4 Å². The van der Waals surface area contributed by atoms with Crippen LogP contribution in [0.1, 0.15) is 125 Å². The van der Waals surface area contributed by atoms with Crippen LogP contribution in [-0.2, 0) is 41.2 Å². The van der Waals surface area contributed by atoms with Crippen LogP contribution in [0.5, 0.6) is 0 Å². The van der Waals surface area contributed by atoms with Crippen molar-refractivity contribution in [2.75, 3.05) is 25.0 Å². The molecule has 3 saturated heterocycles. The Kier molecular flexibility index (Phi) is 12.6. The Balaban J connectivity index is 0.755. The molecule has 4 amide bonds. The number of hydrogen-bond donors (Lipinski definition) is 4. The number of imidazole rings is 1. The highest BCUT2D eigenvalue weighted by Gasteiger charge is 2.72. The number of likely N-dealkylation sites (tertiary alicyclic amines) is 1. The summed E-state index contributed by atoms with van der Waals surface area (Å²) in [7, 11) is 1.71. The standard InChI is InChI=1S/C51H58Cl2FN7O7/c1-28(27-60-23-19-29(20-24-60)31-11-16-38-40(25-31)59(2)49(67)61(38)39-17-18-41(62)57-45(39)63)68-47(65)30-9-13-33(14-10-30)55-46(64)44-42(34-7-6-8-36(53)43(34)54)51(50(58-44)21-4-3-5-22-50)35-15-12-32(52)26-37(35)56-48(51)66/h6-8,11-12,15-16,25-26,28-30,33,39,42,44,58H,3-5,9-10,13-14,17-24,27H2,1-2H3,(H,55,64)(H,56,66)(H,57,62,63)/t28-,30?,33?,39?,42+,44-,51-/m1/s1. The quantitative estimate of drug-likeness (QED) is 0.103. The van der Waals surface area contributed by atoms with E-state index in [2.05, 4.69) is 26.2 Å². The third-order valence-corrected chi connectivity index (χ3v) is 16.8. The zero-order chi connectivity index (χ0) is 47.6. The molecular weight excluding hydrogens is 913 g/mol. The van der Waals surface area contributed by atoms with Gasteiger partial charge in [0.05, 0.1) is 28.0 Å². The van der Waals surface area contributed by atoms with Gasteiger partial charge in [0.15, 0.2) is 0 Å². The van der Waals surface area contributed by atoms with Crippen molar-refractivity contribution < 1.29 is 33.1 Å². The molecule has 68 heavy (non-hydrogen) atoms. The number of amides is 4. The lowest BCUT2D eigenvalue weighted by molar-refractivity contribution is -0.155. The van der Waals surface area contributed by atoms with Crippen LogP contribution in [0.25, 0.3) is 11.0 Å². The summed E-state index contributed by atoms with van der Waals surface area (Å²) < 4.78 is 25.4. The van der Waals surface area contributed by atoms with E-state index in [0.29, 0.717) is 66.9 Å². The van der Waals surface area contributed by atoms with E-state index < -0.39 is 40.7 Å². The first-order chi connectivity index (χ1) is 32.7. The van der Waals surface area contributed by atoms with E-state index >= 15 is 4.39 Å². The Morgan fingerprint density at radius 3 is 2.38 bits per heavy atom. The molecule has 5 atom stereocenters. The van der Waals surface area contributed by atoms with Gasteiger partial charge < -0.3 is 15.4 Å². The molecule has 1 aromatic heterocycles. The van der Waals surface area contributed by atoms with Gasteiger partial charge in [-0.3, -0.25) is 48.6 Å². The van der Waals surface area contributed by atoms with Gasteiger partial charge in [-0.05, 0) is 131 Å². The van der Waals surface area contributed by atoms with E-state index in [9.17, 15) is 28.8 Å². The second-order valence-corrected chi connectivity index (χ2v) is 21.0. The molecule has 2 saturated carbocycles. The number of imide groups is 1. The van der Waals surface area contributed by atoms with Crippen molar-refractivity contribution in [1.29, 1.82) is 0 Å². The number of anilines is 1. The summed E-state index contributed by atoms with van der Waals surface area (Å²) in [6, 6.07) is 14.2. The summed E-state index contributed by atoms with van der Waals surface area (Å²) in [5.41, 5.74) is 1.58. The highest BCUT2D eigenvalue weighted by molar-refractivity contribution is 6.31. The van der Waals surface area contributed by atoms with Crippen LogP contribution in [0.15, 0.2) is 59.4 Å². The SMILES string of the molecule is C[C@H](CN1CCC(c2ccc3c(c2)n(C)c(=O)n3C2CCC(=O)NC2=O)CC1)OC(=O)C1CCC(NC(=O)[C@@H]2NC3(CCCCC3)[C@@]3(C(=O)Nc4cc(Cl)ccc43)[C@H]2c2cccc(Cl)c2F)CC1. The lowest BCUT2D eigenvalue weighted by Crippen LogP contribution is -2.60. The minimum atomic E-state index is -1.32. The van der Waals surface area contributed by atoms with Crippen molar-refractivity contribution in [3.05, 3.63) is 97.6 Å². The fraction of sp³-hybridized carbons (Fsp3) is 0.529. The molecule has 6 aliphatic rings. The van der Waals surface area contributed by atoms with Crippen molar-refractivity contribution in [3.63, 3.8) is 0 Å². The van der Waals surface area contributed by atoms with Gasteiger partial charge in [-0.2, -0.15) is 0 Å². The van der Waals surface area contributed by atoms with E-state index in [-0.39, 0.29) is 76.8 Å². The number of rotatable bonds is 9. The summed E-state index contributed by atoms with van der Waals surface area (Å²) >= 11 is 12.8. The number of piperidine rings is 2. The lowest BCUT2D eigenvalue weighted by atomic mass is 9.55. The van der Waals surface area contributed by atoms with Crippen LogP contribution in [0.2, 0.25) is 10.0 Å². The van der Waals surface area contributed by atoms with Crippen molar-refractivity contribution in [2.24, 2.45) is 13.0 Å². The second-order valence-electron chi connectivity index (χ2n) is 20.1. The fourth-order valence-corrected chi connectivity index (χ4v) is 13.3. The van der Waals surface area contributed by atoms with Gasteiger partial charge >= 0.3 is 11.7 Å². The number of carbonyl (C=O) groups is 5. The first-order valence-corrected chi connectivity index (χ1v) is 25.1. The second kappa shape index (κ2) is 18.3. The number of benzene rings is 3.